The van der Waals surface area contributed by atoms with Crippen molar-refractivity contribution in [3.63, 3.8) is 0 Å². The number of nitrogens with zero attached hydrogens (tertiary/aromatic N) is 1. The lowest BCUT2D eigenvalue weighted by Crippen LogP contribution is -2.52. The molecule has 4 nitrogen and oxygen atoms in total. The lowest BCUT2D eigenvalue weighted by molar-refractivity contribution is -0.391. The first-order valence-electron chi connectivity index (χ1n) is 4.50. The normalized spacial score (nSPS) is 20.5. The Bertz CT molecular complexity index is 546. The third-order valence-electron chi connectivity index (χ3n) is 2.30. The van der Waals surface area contributed by atoms with E-state index in [0.29, 0.717) is 11.0 Å². The van der Waals surface area contributed by atoms with Crippen LogP contribution < -0.4 is 9.47 Å². The number of ether oxygens (including phenoxy) is 2. The molecule has 2 heterocycles. The lowest BCUT2D eigenvalue weighted by atomic mass is 10.2. The Morgan fingerprint density at radius 1 is 1.00 bits per heavy atom. The molecular formula is C9H4F4N2O2. The third-order valence-corrected chi connectivity index (χ3v) is 2.30. The van der Waals surface area contributed by atoms with Gasteiger partial charge in [-0.05, 0) is 0 Å². The Morgan fingerprint density at radius 3 is 2.24 bits per heavy atom. The number of aromatic nitrogens is 2. The Kier molecular flexibility index (Phi) is 1.69. The number of halogens is 4. The molecule has 0 aliphatic carbocycles. The number of hydrogen-bond donors (Lipinski definition) is 1. The van der Waals surface area contributed by atoms with Gasteiger partial charge in [0.15, 0.2) is 11.5 Å². The molecule has 8 heteroatoms. The fourth-order valence-electron chi connectivity index (χ4n) is 1.50. The molecule has 0 spiro atoms. The smallest absolute Gasteiger partial charge is 0.421 e. The summed E-state index contributed by atoms with van der Waals surface area (Å²) in [6.07, 6.45) is -8.11. The van der Waals surface area contributed by atoms with Crippen molar-refractivity contribution in [2.45, 2.75) is 12.2 Å². The highest BCUT2D eigenvalue weighted by molar-refractivity contribution is 5.79. The van der Waals surface area contributed by atoms with Crippen molar-refractivity contribution in [3.8, 4) is 11.5 Å². The standard InChI is InChI=1S/C9H4F4N2O2/c10-8(11)9(12,13)17-7-2-5-4(14-3-15-5)1-6(7)16-8/h1-3H,(H,14,15). The topological polar surface area (TPSA) is 47.1 Å². The van der Waals surface area contributed by atoms with Crippen molar-refractivity contribution in [1.29, 1.82) is 0 Å². The molecule has 0 unspecified atom stereocenters. The summed E-state index contributed by atoms with van der Waals surface area (Å²) >= 11 is 0. The van der Waals surface area contributed by atoms with Gasteiger partial charge in [-0.15, -0.1) is 0 Å². The second kappa shape index (κ2) is 2.82. The van der Waals surface area contributed by atoms with Gasteiger partial charge >= 0.3 is 12.2 Å². The van der Waals surface area contributed by atoms with E-state index in [4.69, 9.17) is 0 Å². The summed E-state index contributed by atoms with van der Waals surface area (Å²) in [5, 5.41) is 0. The summed E-state index contributed by atoms with van der Waals surface area (Å²) in [5.74, 6) is -0.932. The minimum absolute atomic E-state index is 0.313. The van der Waals surface area contributed by atoms with Gasteiger partial charge in [0, 0.05) is 12.1 Å². The number of benzene rings is 1. The Balaban J connectivity index is 2.18. The Hall–Kier alpha value is -1.99. The molecule has 0 amide bonds. The highest BCUT2D eigenvalue weighted by Gasteiger charge is 2.66. The van der Waals surface area contributed by atoms with Gasteiger partial charge in [-0.25, -0.2) is 4.98 Å². The molecule has 90 valence electrons. The zero-order valence-electron chi connectivity index (χ0n) is 8.01. The van der Waals surface area contributed by atoms with Crippen LogP contribution in [-0.2, 0) is 0 Å². The predicted molar refractivity (Wildman–Crippen MR) is 47.2 cm³/mol. The summed E-state index contributed by atoms with van der Waals surface area (Å²) in [6.45, 7) is 0. The van der Waals surface area contributed by atoms with E-state index >= 15 is 0 Å². The molecular weight excluding hydrogens is 244 g/mol. The molecule has 0 radical (unpaired) electrons. The third kappa shape index (κ3) is 1.33. The van der Waals surface area contributed by atoms with Gasteiger partial charge in [0.2, 0.25) is 0 Å². The van der Waals surface area contributed by atoms with Crippen LogP contribution in [0.3, 0.4) is 0 Å². The van der Waals surface area contributed by atoms with Crippen molar-refractivity contribution in [3.05, 3.63) is 18.5 Å². The number of hydrogen-bond acceptors (Lipinski definition) is 3. The molecule has 0 bridgehead atoms. The number of fused-ring (bicyclic) bond motifs is 2. The van der Waals surface area contributed by atoms with E-state index in [1.165, 1.54) is 6.33 Å². The van der Waals surface area contributed by atoms with Crippen molar-refractivity contribution in [2.75, 3.05) is 0 Å². The fraction of sp³-hybridized carbons (Fsp3) is 0.222. The van der Waals surface area contributed by atoms with Gasteiger partial charge in [0.1, 0.15) is 0 Å². The number of H-pyrrole nitrogens is 1. The van der Waals surface area contributed by atoms with Crippen LogP contribution >= 0.6 is 0 Å². The van der Waals surface area contributed by atoms with Gasteiger partial charge < -0.3 is 14.5 Å². The summed E-state index contributed by atoms with van der Waals surface area (Å²) in [6, 6.07) is 2.23. The molecule has 1 aromatic heterocycles. The lowest BCUT2D eigenvalue weighted by Gasteiger charge is -2.31. The van der Waals surface area contributed by atoms with Crippen LogP contribution in [0.5, 0.6) is 11.5 Å². The number of aromatic amines is 1. The second-order valence-electron chi connectivity index (χ2n) is 3.46. The maximum atomic E-state index is 12.9. The number of rotatable bonds is 0. The van der Waals surface area contributed by atoms with E-state index in [2.05, 4.69) is 19.4 Å². The summed E-state index contributed by atoms with van der Waals surface area (Å²) in [5.41, 5.74) is 0.696. The first kappa shape index (κ1) is 10.2. The molecule has 1 aliphatic heterocycles. The average Bonchev–Trinajstić information content (AvgIpc) is 2.62. The number of imidazole rings is 1. The molecule has 0 saturated carbocycles. The zero-order chi connectivity index (χ0) is 12.3. The maximum absolute atomic E-state index is 12.9. The highest BCUT2D eigenvalue weighted by atomic mass is 19.3. The van der Waals surface area contributed by atoms with E-state index in [-0.39, 0.29) is 0 Å². The number of nitrogens with one attached hydrogen (secondary N) is 1. The molecule has 3 rings (SSSR count). The largest absolute Gasteiger partial charge is 0.507 e. The van der Waals surface area contributed by atoms with Crippen LogP contribution in [0.4, 0.5) is 17.6 Å². The van der Waals surface area contributed by atoms with Crippen LogP contribution in [0.15, 0.2) is 18.5 Å². The summed E-state index contributed by atoms with van der Waals surface area (Å²) in [7, 11) is 0. The minimum Gasteiger partial charge on any atom is -0.421 e. The molecule has 17 heavy (non-hydrogen) atoms. The molecule has 0 saturated heterocycles. The van der Waals surface area contributed by atoms with Gasteiger partial charge in [0.05, 0.1) is 17.4 Å². The van der Waals surface area contributed by atoms with E-state index in [9.17, 15) is 17.6 Å². The van der Waals surface area contributed by atoms with Gasteiger partial charge in [0.25, 0.3) is 0 Å². The minimum atomic E-state index is -4.70. The van der Waals surface area contributed by atoms with Crippen molar-refractivity contribution in [2.24, 2.45) is 0 Å². The quantitative estimate of drug-likeness (QED) is 0.728. The predicted octanol–water partition coefficient (Wildman–Crippen LogP) is 2.52. The van der Waals surface area contributed by atoms with Crippen molar-refractivity contribution < 1.29 is 27.0 Å². The summed E-state index contributed by atoms with van der Waals surface area (Å²) in [4.78, 5) is 6.43. The second-order valence-corrected chi connectivity index (χ2v) is 3.46. The van der Waals surface area contributed by atoms with E-state index in [0.717, 1.165) is 12.1 Å². The molecule has 0 fully saturated rings. The fourth-order valence-corrected chi connectivity index (χ4v) is 1.50. The van der Waals surface area contributed by atoms with E-state index in [1.807, 2.05) is 0 Å². The average molecular weight is 248 g/mol. The molecule has 1 aliphatic rings. The van der Waals surface area contributed by atoms with Crippen molar-refractivity contribution in [1.82, 2.24) is 9.97 Å². The van der Waals surface area contributed by atoms with Crippen LogP contribution in [0.1, 0.15) is 0 Å². The molecule has 0 atom stereocenters. The van der Waals surface area contributed by atoms with Crippen molar-refractivity contribution >= 4 is 11.0 Å². The number of alkyl halides is 4. The molecule has 1 aromatic carbocycles. The SMILES string of the molecule is FC1(F)Oc2cc3nc[nH]c3cc2OC1(F)F. The summed E-state index contributed by atoms with van der Waals surface area (Å²) < 4.78 is 59.4. The van der Waals surface area contributed by atoms with E-state index < -0.39 is 23.7 Å². The molecule has 2 aromatic rings. The Morgan fingerprint density at radius 2 is 1.59 bits per heavy atom. The first-order valence-corrected chi connectivity index (χ1v) is 4.50. The highest BCUT2D eigenvalue weighted by Crippen LogP contribution is 2.47. The van der Waals surface area contributed by atoms with Crippen LogP contribution in [0.2, 0.25) is 0 Å². The Labute approximate surface area is 91.2 Å². The zero-order valence-corrected chi connectivity index (χ0v) is 8.01. The first-order chi connectivity index (χ1) is 7.89. The maximum Gasteiger partial charge on any atom is 0.507 e. The van der Waals surface area contributed by atoms with Crippen LogP contribution in [0.25, 0.3) is 11.0 Å². The van der Waals surface area contributed by atoms with Gasteiger partial charge in [-0.3, -0.25) is 0 Å². The molecule has 1 N–H and O–H groups in total. The van der Waals surface area contributed by atoms with Crippen LogP contribution in [0, 0.1) is 0 Å². The van der Waals surface area contributed by atoms with Gasteiger partial charge in [-0.2, -0.15) is 17.6 Å². The van der Waals surface area contributed by atoms with E-state index in [1.54, 1.807) is 0 Å². The van der Waals surface area contributed by atoms with Gasteiger partial charge in [-0.1, -0.05) is 0 Å². The monoisotopic (exact) mass is 248 g/mol. The van der Waals surface area contributed by atoms with Crippen LogP contribution in [-0.4, -0.2) is 22.2 Å².